The fourth-order valence-electron chi connectivity index (χ4n) is 6.45. The van der Waals surface area contributed by atoms with E-state index in [1.54, 1.807) is 0 Å². The average Bonchev–Trinajstić information content (AvgIpc) is 3.00. The predicted octanol–water partition coefficient (Wildman–Crippen LogP) is 5.91. The van der Waals surface area contributed by atoms with Gasteiger partial charge in [0.15, 0.2) is 5.78 Å². The number of hydrogen-bond acceptors (Lipinski definition) is 3. The van der Waals surface area contributed by atoms with Crippen LogP contribution in [0.4, 0.5) is 0 Å². The number of carbonyl (C=O) groups is 1. The van der Waals surface area contributed by atoms with E-state index in [0.29, 0.717) is 23.7 Å². The van der Waals surface area contributed by atoms with Crippen LogP contribution in [0.1, 0.15) is 92.4 Å². The van der Waals surface area contributed by atoms with E-state index in [2.05, 4.69) is 32.1 Å². The molecule has 0 spiro atoms. The summed E-state index contributed by atoms with van der Waals surface area (Å²) in [5, 5.41) is 20.0. The first kappa shape index (κ1) is 23.5. The van der Waals surface area contributed by atoms with Crippen LogP contribution in [0.2, 0.25) is 0 Å². The van der Waals surface area contributed by atoms with Gasteiger partial charge >= 0.3 is 0 Å². The van der Waals surface area contributed by atoms with Crippen molar-refractivity contribution in [3.63, 3.8) is 0 Å². The molecule has 0 aromatic heterocycles. The number of hydrogen-bond donors (Lipinski definition) is 2. The largest absolute Gasteiger partial charge is 0.392 e. The van der Waals surface area contributed by atoms with Crippen molar-refractivity contribution in [2.45, 2.75) is 104 Å². The first-order valence-electron chi connectivity index (χ1n) is 12.0. The highest BCUT2D eigenvalue weighted by atomic mass is 16.3. The van der Waals surface area contributed by atoms with Gasteiger partial charge in [-0.15, -0.1) is 0 Å². The smallest absolute Gasteiger partial charge is 0.161 e. The highest BCUT2D eigenvalue weighted by Gasteiger charge is 2.49. The summed E-state index contributed by atoms with van der Waals surface area (Å²) in [4.78, 5) is 12.1. The zero-order valence-corrected chi connectivity index (χ0v) is 19.7. The predicted molar refractivity (Wildman–Crippen MR) is 123 cm³/mol. The lowest BCUT2D eigenvalue weighted by Gasteiger charge is -2.43. The topological polar surface area (TPSA) is 57.5 Å². The summed E-state index contributed by atoms with van der Waals surface area (Å²) in [5.74, 6) is 2.09. The molecule has 2 N–H and O–H groups in total. The number of aliphatic hydroxyl groups excluding tert-OH is 1. The van der Waals surface area contributed by atoms with Crippen molar-refractivity contribution in [2.24, 2.45) is 23.2 Å². The third-order valence-corrected chi connectivity index (χ3v) is 8.26. The zero-order valence-electron chi connectivity index (χ0n) is 19.7. The lowest BCUT2D eigenvalue weighted by atomic mass is 9.62. The third-order valence-electron chi connectivity index (χ3n) is 8.26. The first-order valence-corrected chi connectivity index (χ1v) is 12.0. The van der Waals surface area contributed by atoms with Crippen molar-refractivity contribution in [3.05, 3.63) is 34.9 Å². The maximum absolute atomic E-state index is 12.1. The molecular weight excluding hydrogens is 372 g/mol. The van der Waals surface area contributed by atoms with Gasteiger partial charge in [0.1, 0.15) is 0 Å². The molecule has 1 fully saturated rings. The molecule has 1 saturated carbocycles. The third kappa shape index (κ3) is 5.16. The molecule has 3 nitrogen and oxygen atoms in total. The van der Waals surface area contributed by atoms with Crippen LogP contribution >= 0.6 is 0 Å². The van der Waals surface area contributed by atoms with Gasteiger partial charge in [0.2, 0.25) is 0 Å². The molecule has 168 valence electrons. The molecule has 0 heterocycles. The minimum atomic E-state index is -0.561. The highest BCUT2D eigenvalue weighted by molar-refractivity contribution is 5.97. The van der Waals surface area contributed by atoms with Crippen molar-refractivity contribution in [2.75, 3.05) is 0 Å². The van der Waals surface area contributed by atoms with E-state index >= 15 is 0 Å². The number of Topliss-reactive ketones (excluding diaryl/α,β-unsaturated/α-hetero) is 1. The Labute approximate surface area is 183 Å². The normalized spacial score (nSPS) is 33.8. The summed E-state index contributed by atoms with van der Waals surface area (Å²) in [6.45, 7) is 10.6. The number of allylic oxidation sites excluding steroid dienone is 5. The summed E-state index contributed by atoms with van der Waals surface area (Å²) in [6.07, 6.45) is 15.1. The number of carbonyl (C=O) groups excluding carboxylic acids is 1. The quantitative estimate of drug-likeness (QED) is 0.544. The van der Waals surface area contributed by atoms with Crippen LogP contribution in [0.25, 0.3) is 0 Å². The maximum atomic E-state index is 12.1. The molecule has 3 aliphatic carbocycles. The molecule has 3 aliphatic rings. The lowest BCUT2D eigenvalue weighted by Crippen LogP contribution is -2.35. The van der Waals surface area contributed by atoms with Gasteiger partial charge in [-0.3, -0.25) is 4.79 Å². The van der Waals surface area contributed by atoms with Gasteiger partial charge in [-0.05, 0) is 99.2 Å². The number of rotatable bonds is 7. The molecule has 30 heavy (non-hydrogen) atoms. The minimum Gasteiger partial charge on any atom is -0.392 e. The van der Waals surface area contributed by atoms with Crippen LogP contribution in [0.15, 0.2) is 34.9 Å². The minimum absolute atomic E-state index is 0.0803. The van der Waals surface area contributed by atoms with Crippen LogP contribution in [0.3, 0.4) is 0 Å². The van der Waals surface area contributed by atoms with Crippen LogP contribution in [-0.4, -0.2) is 27.7 Å². The van der Waals surface area contributed by atoms with Crippen LogP contribution in [-0.2, 0) is 4.79 Å². The summed E-state index contributed by atoms with van der Waals surface area (Å²) >= 11 is 0. The monoisotopic (exact) mass is 414 g/mol. The Morgan fingerprint density at radius 1 is 1.27 bits per heavy atom. The number of ketones is 1. The van der Waals surface area contributed by atoms with E-state index < -0.39 is 11.7 Å². The molecule has 0 aromatic carbocycles. The molecule has 3 rings (SSSR count). The van der Waals surface area contributed by atoms with Crippen molar-refractivity contribution in [1.29, 1.82) is 0 Å². The molecular formula is C27H42O3. The highest BCUT2D eigenvalue weighted by Crippen LogP contribution is 2.58. The molecule has 0 saturated heterocycles. The molecule has 5 atom stereocenters. The molecule has 0 radical (unpaired) electrons. The molecule has 0 aromatic rings. The number of fused-ring (bicyclic) bond motifs is 1. The van der Waals surface area contributed by atoms with E-state index in [9.17, 15) is 15.0 Å². The van der Waals surface area contributed by atoms with Gasteiger partial charge in [-0.25, -0.2) is 0 Å². The molecule has 3 heteroatoms. The number of aliphatic hydroxyl groups is 2. The van der Waals surface area contributed by atoms with Crippen molar-refractivity contribution >= 4 is 5.78 Å². The Balaban J connectivity index is 1.69. The van der Waals surface area contributed by atoms with E-state index in [-0.39, 0.29) is 12.2 Å². The van der Waals surface area contributed by atoms with Crippen LogP contribution in [0, 0.1) is 23.2 Å². The Morgan fingerprint density at radius 2 is 2.00 bits per heavy atom. The van der Waals surface area contributed by atoms with E-state index in [0.717, 1.165) is 36.3 Å². The summed E-state index contributed by atoms with van der Waals surface area (Å²) < 4.78 is 0. The molecule has 2 unspecified atom stereocenters. The fraction of sp³-hybridized carbons (Fsp3) is 0.741. The van der Waals surface area contributed by atoms with Gasteiger partial charge in [0, 0.05) is 6.42 Å². The molecule has 0 bridgehead atoms. The van der Waals surface area contributed by atoms with E-state index in [1.165, 1.54) is 31.3 Å². The maximum Gasteiger partial charge on any atom is 0.161 e. The SMILES string of the molecule is CC1=C(C=CC2=CCC[C@@]3(C)C2CC[C@@H]3C(C)CCCC(C)(C)O)C[C@@H](O)CC1=O. The van der Waals surface area contributed by atoms with E-state index in [1.807, 2.05) is 20.8 Å². The summed E-state index contributed by atoms with van der Waals surface area (Å²) in [7, 11) is 0. The lowest BCUT2D eigenvalue weighted by molar-refractivity contribution is -0.117. The van der Waals surface area contributed by atoms with Gasteiger partial charge in [0.05, 0.1) is 11.7 Å². The van der Waals surface area contributed by atoms with E-state index in [4.69, 9.17) is 0 Å². The van der Waals surface area contributed by atoms with Crippen LogP contribution in [0.5, 0.6) is 0 Å². The van der Waals surface area contributed by atoms with Gasteiger partial charge in [-0.2, -0.15) is 0 Å². The average molecular weight is 415 g/mol. The van der Waals surface area contributed by atoms with Gasteiger partial charge in [0.25, 0.3) is 0 Å². The van der Waals surface area contributed by atoms with Crippen molar-refractivity contribution in [1.82, 2.24) is 0 Å². The van der Waals surface area contributed by atoms with Crippen LogP contribution < -0.4 is 0 Å². The van der Waals surface area contributed by atoms with Gasteiger partial charge in [-0.1, -0.05) is 44.9 Å². The standard InChI is InChI=1S/C27H42O3/c1-18(8-6-14-26(3,4)30)23-12-13-24-20(9-7-15-27(23,24)5)10-11-21-16-22(28)17-25(29)19(21)2/h9-11,18,22-24,28,30H,6-8,12-17H2,1-5H3/t18?,22-,23-,24?,27-/m1/s1. The Morgan fingerprint density at radius 3 is 2.70 bits per heavy atom. The first-order chi connectivity index (χ1) is 14.0. The fourth-order valence-corrected chi connectivity index (χ4v) is 6.45. The Hall–Kier alpha value is -1.19. The molecule has 0 aliphatic heterocycles. The Kier molecular flexibility index (Phi) is 7.14. The van der Waals surface area contributed by atoms with Crippen molar-refractivity contribution in [3.8, 4) is 0 Å². The van der Waals surface area contributed by atoms with Crippen molar-refractivity contribution < 1.29 is 15.0 Å². The van der Waals surface area contributed by atoms with Gasteiger partial charge < -0.3 is 10.2 Å². The molecule has 0 amide bonds. The second-order valence-corrected chi connectivity index (χ2v) is 11.1. The second kappa shape index (κ2) is 9.12. The Bertz CT molecular complexity index is 736. The zero-order chi connectivity index (χ0) is 22.1. The summed E-state index contributed by atoms with van der Waals surface area (Å²) in [6, 6.07) is 0. The summed E-state index contributed by atoms with van der Waals surface area (Å²) in [5.41, 5.74) is 3.03. The second-order valence-electron chi connectivity index (χ2n) is 11.1.